The summed E-state index contributed by atoms with van der Waals surface area (Å²) in [6, 6.07) is 5.51. The van der Waals surface area contributed by atoms with Gasteiger partial charge in [-0.2, -0.15) is 0 Å². The van der Waals surface area contributed by atoms with Crippen LogP contribution in [0, 0.1) is 0 Å². The van der Waals surface area contributed by atoms with Crippen LogP contribution in [0.5, 0.6) is 11.5 Å². The number of amides is 1. The molecule has 92 valence electrons. The van der Waals surface area contributed by atoms with Crippen LogP contribution in [0.3, 0.4) is 0 Å². The summed E-state index contributed by atoms with van der Waals surface area (Å²) in [5.41, 5.74) is 1.43. The average Bonchev–Trinajstić information content (AvgIpc) is 2.35. The number of carbonyl (C=O) groups is 1. The molecule has 0 spiro atoms. The van der Waals surface area contributed by atoms with E-state index in [-0.39, 0.29) is 5.91 Å². The van der Waals surface area contributed by atoms with Crippen molar-refractivity contribution in [2.75, 3.05) is 14.2 Å². The van der Waals surface area contributed by atoms with Gasteiger partial charge in [0.05, 0.1) is 14.2 Å². The van der Waals surface area contributed by atoms with Gasteiger partial charge in [0.25, 0.3) is 0 Å². The molecule has 0 atom stereocenters. The number of nitrogens with one attached hydrogen (secondary N) is 1. The Balaban J connectivity index is 2.73. The Bertz CT molecular complexity index is 427. The zero-order chi connectivity index (χ0) is 12.8. The van der Waals surface area contributed by atoms with Gasteiger partial charge >= 0.3 is 0 Å². The van der Waals surface area contributed by atoms with Gasteiger partial charge in [-0.3, -0.25) is 4.79 Å². The van der Waals surface area contributed by atoms with Crippen LogP contribution < -0.4 is 14.8 Å². The molecule has 1 aromatic rings. The predicted molar refractivity (Wildman–Crippen MR) is 66.2 cm³/mol. The van der Waals surface area contributed by atoms with Gasteiger partial charge in [-0.25, -0.2) is 0 Å². The molecule has 17 heavy (non-hydrogen) atoms. The van der Waals surface area contributed by atoms with Crippen LogP contribution in [0.1, 0.15) is 12.5 Å². The first-order valence-corrected chi connectivity index (χ1v) is 5.23. The van der Waals surface area contributed by atoms with Gasteiger partial charge in [0.2, 0.25) is 5.91 Å². The summed E-state index contributed by atoms with van der Waals surface area (Å²) in [6.45, 7) is 5.68. The first kappa shape index (κ1) is 13.1. The number of ether oxygens (including phenoxy) is 2. The summed E-state index contributed by atoms with van der Waals surface area (Å²) in [5.74, 6) is 1.16. The van der Waals surface area contributed by atoms with Crippen LogP contribution in [0.4, 0.5) is 0 Å². The largest absolute Gasteiger partial charge is 0.493 e. The van der Waals surface area contributed by atoms with Crippen LogP contribution in [0.15, 0.2) is 30.4 Å². The van der Waals surface area contributed by atoms with E-state index in [1.807, 2.05) is 12.1 Å². The lowest BCUT2D eigenvalue weighted by Gasteiger charge is -2.10. The smallest absolute Gasteiger partial charge is 0.246 e. The van der Waals surface area contributed by atoms with Gasteiger partial charge in [-0.15, -0.1) is 0 Å². The number of benzene rings is 1. The van der Waals surface area contributed by atoms with E-state index in [1.165, 1.54) is 0 Å². The number of rotatable bonds is 5. The summed E-state index contributed by atoms with van der Waals surface area (Å²) in [7, 11) is 3.16. The molecular weight excluding hydrogens is 218 g/mol. The molecule has 1 amide bonds. The van der Waals surface area contributed by atoms with E-state index in [2.05, 4.69) is 11.9 Å². The van der Waals surface area contributed by atoms with Gasteiger partial charge in [0, 0.05) is 12.1 Å². The number of carbonyl (C=O) groups excluding carboxylic acids is 1. The van der Waals surface area contributed by atoms with Crippen LogP contribution >= 0.6 is 0 Å². The van der Waals surface area contributed by atoms with Gasteiger partial charge in [0.15, 0.2) is 11.5 Å². The highest BCUT2D eigenvalue weighted by molar-refractivity contribution is 5.92. The lowest BCUT2D eigenvalue weighted by atomic mass is 10.2. The fraction of sp³-hybridized carbons (Fsp3) is 0.308. The van der Waals surface area contributed by atoms with Crippen molar-refractivity contribution in [3.05, 3.63) is 35.9 Å². The van der Waals surface area contributed by atoms with Crippen molar-refractivity contribution in [1.29, 1.82) is 0 Å². The molecule has 1 rings (SSSR count). The normalized spacial score (nSPS) is 9.59. The quantitative estimate of drug-likeness (QED) is 0.793. The third-order valence-electron chi connectivity index (χ3n) is 2.29. The van der Waals surface area contributed by atoms with Crippen molar-refractivity contribution in [2.45, 2.75) is 13.5 Å². The molecular formula is C13H17NO3. The monoisotopic (exact) mass is 235 g/mol. The fourth-order valence-electron chi connectivity index (χ4n) is 1.32. The molecule has 0 saturated heterocycles. The third-order valence-corrected chi connectivity index (χ3v) is 2.29. The summed E-state index contributed by atoms with van der Waals surface area (Å²) < 4.78 is 10.3. The van der Waals surface area contributed by atoms with Gasteiger partial charge in [-0.1, -0.05) is 12.6 Å². The van der Waals surface area contributed by atoms with Crippen molar-refractivity contribution in [3.8, 4) is 11.5 Å². The van der Waals surface area contributed by atoms with E-state index in [9.17, 15) is 4.79 Å². The number of hydrogen-bond donors (Lipinski definition) is 1. The Kier molecular flexibility index (Phi) is 4.57. The van der Waals surface area contributed by atoms with Crippen LogP contribution in [-0.2, 0) is 11.3 Å². The highest BCUT2D eigenvalue weighted by Crippen LogP contribution is 2.27. The standard InChI is InChI=1S/C13H17NO3/c1-9(2)13(15)14-8-10-5-6-11(16-3)12(7-10)17-4/h5-7H,1,8H2,2-4H3,(H,14,15). The Labute approximate surface area is 101 Å². The van der Waals surface area contributed by atoms with E-state index >= 15 is 0 Å². The van der Waals surface area contributed by atoms with Crippen molar-refractivity contribution < 1.29 is 14.3 Å². The maximum atomic E-state index is 11.3. The maximum absolute atomic E-state index is 11.3. The minimum absolute atomic E-state index is 0.153. The molecule has 0 aliphatic carbocycles. The molecule has 0 saturated carbocycles. The summed E-state index contributed by atoms with van der Waals surface area (Å²) in [6.07, 6.45) is 0. The minimum atomic E-state index is -0.153. The molecule has 0 bridgehead atoms. The molecule has 0 aliphatic heterocycles. The molecule has 0 radical (unpaired) electrons. The predicted octanol–water partition coefficient (Wildman–Crippen LogP) is 1.90. The van der Waals surface area contributed by atoms with Gasteiger partial charge in [0.1, 0.15) is 0 Å². The highest BCUT2D eigenvalue weighted by Gasteiger charge is 2.06. The number of hydrogen-bond acceptors (Lipinski definition) is 3. The number of methoxy groups -OCH3 is 2. The second-order valence-electron chi connectivity index (χ2n) is 3.65. The van der Waals surface area contributed by atoms with Crippen molar-refractivity contribution in [2.24, 2.45) is 0 Å². The Morgan fingerprint density at radius 3 is 2.47 bits per heavy atom. The Hall–Kier alpha value is -1.97. The van der Waals surface area contributed by atoms with Crippen LogP contribution in [0.2, 0.25) is 0 Å². The second-order valence-corrected chi connectivity index (χ2v) is 3.65. The minimum Gasteiger partial charge on any atom is -0.493 e. The Morgan fingerprint density at radius 2 is 1.94 bits per heavy atom. The van der Waals surface area contributed by atoms with E-state index in [4.69, 9.17) is 9.47 Å². The molecule has 0 aromatic heterocycles. The molecule has 4 heteroatoms. The molecule has 0 fully saturated rings. The van der Waals surface area contributed by atoms with E-state index in [0.717, 1.165) is 5.56 Å². The molecule has 0 aliphatic rings. The second kappa shape index (κ2) is 5.94. The van der Waals surface area contributed by atoms with Gasteiger partial charge < -0.3 is 14.8 Å². The summed E-state index contributed by atoms with van der Waals surface area (Å²) in [4.78, 5) is 11.3. The maximum Gasteiger partial charge on any atom is 0.246 e. The lowest BCUT2D eigenvalue weighted by molar-refractivity contribution is -0.117. The van der Waals surface area contributed by atoms with Crippen molar-refractivity contribution >= 4 is 5.91 Å². The zero-order valence-electron chi connectivity index (χ0n) is 10.4. The van der Waals surface area contributed by atoms with Crippen molar-refractivity contribution in [3.63, 3.8) is 0 Å². The van der Waals surface area contributed by atoms with Crippen LogP contribution in [0.25, 0.3) is 0 Å². The highest BCUT2D eigenvalue weighted by atomic mass is 16.5. The molecule has 4 nitrogen and oxygen atoms in total. The zero-order valence-corrected chi connectivity index (χ0v) is 10.4. The Morgan fingerprint density at radius 1 is 1.29 bits per heavy atom. The molecule has 0 heterocycles. The fourth-order valence-corrected chi connectivity index (χ4v) is 1.32. The molecule has 0 unspecified atom stereocenters. The SMILES string of the molecule is C=C(C)C(=O)NCc1ccc(OC)c(OC)c1. The summed E-state index contributed by atoms with van der Waals surface area (Å²) in [5, 5.41) is 2.75. The van der Waals surface area contributed by atoms with E-state index in [0.29, 0.717) is 23.6 Å². The van der Waals surface area contributed by atoms with E-state index < -0.39 is 0 Å². The molecule has 1 aromatic carbocycles. The third kappa shape index (κ3) is 3.52. The molecule has 1 N–H and O–H groups in total. The van der Waals surface area contributed by atoms with Gasteiger partial charge in [-0.05, 0) is 24.6 Å². The van der Waals surface area contributed by atoms with E-state index in [1.54, 1.807) is 27.2 Å². The summed E-state index contributed by atoms with van der Waals surface area (Å²) >= 11 is 0. The average molecular weight is 235 g/mol. The van der Waals surface area contributed by atoms with Crippen molar-refractivity contribution in [1.82, 2.24) is 5.32 Å². The lowest BCUT2D eigenvalue weighted by Crippen LogP contribution is -2.22. The topological polar surface area (TPSA) is 47.6 Å². The first-order valence-electron chi connectivity index (χ1n) is 5.23. The van der Waals surface area contributed by atoms with Crippen LogP contribution in [-0.4, -0.2) is 20.1 Å². The first-order chi connectivity index (χ1) is 8.08.